The van der Waals surface area contributed by atoms with Gasteiger partial charge < -0.3 is 9.47 Å². The Morgan fingerprint density at radius 1 is 0.735 bits per heavy atom. The molecule has 0 aromatic heterocycles. The van der Waals surface area contributed by atoms with E-state index in [4.69, 9.17) is 9.47 Å². The van der Waals surface area contributed by atoms with Gasteiger partial charge >= 0.3 is 5.97 Å². The molecule has 0 aliphatic heterocycles. The highest BCUT2D eigenvalue weighted by Gasteiger charge is 2.13. The van der Waals surface area contributed by atoms with E-state index in [9.17, 15) is 4.79 Å². The van der Waals surface area contributed by atoms with Crippen molar-refractivity contribution >= 4 is 5.97 Å². The van der Waals surface area contributed by atoms with Crippen LogP contribution in [0.3, 0.4) is 0 Å². The van der Waals surface area contributed by atoms with Gasteiger partial charge in [-0.3, -0.25) is 4.79 Å². The van der Waals surface area contributed by atoms with Crippen LogP contribution in [-0.4, -0.2) is 13.1 Å². The lowest BCUT2D eigenvalue weighted by Crippen LogP contribution is -2.08. The molecule has 0 radical (unpaired) electrons. The van der Waals surface area contributed by atoms with E-state index in [-0.39, 0.29) is 12.1 Å². The van der Waals surface area contributed by atoms with Crippen molar-refractivity contribution in [2.24, 2.45) is 0 Å². The van der Waals surface area contributed by atoms with Gasteiger partial charge in [-0.1, -0.05) is 106 Å². The first-order valence-electron chi connectivity index (χ1n) is 12.7. The summed E-state index contributed by atoms with van der Waals surface area (Å²) in [5.74, 6) is 0.746. The van der Waals surface area contributed by atoms with Gasteiger partial charge in [0.15, 0.2) is 0 Å². The van der Waals surface area contributed by atoms with Crippen molar-refractivity contribution < 1.29 is 14.3 Å². The molecule has 180 valence electrons. The van der Waals surface area contributed by atoms with Crippen LogP contribution in [0.1, 0.15) is 76.9 Å². The summed E-state index contributed by atoms with van der Waals surface area (Å²) in [4.78, 5) is 12.3. The molecule has 0 bridgehead atoms. The van der Waals surface area contributed by atoms with Crippen LogP contribution < -0.4 is 4.74 Å². The molecule has 0 spiro atoms. The Hall–Kier alpha value is -3.07. The molecule has 0 heterocycles. The van der Waals surface area contributed by atoms with Crippen LogP contribution >= 0.6 is 0 Å². The number of carbonyl (C=O) groups excluding carboxylic acids is 1. The van der Waals surface area contributed by atoms with Gasteiger partial charge in [0.25, 0.3) is 0 Å². The van der Waals surface area contributed by atoms with E-state index in [1.807, 2.05) is 19.1 Å². The molecule has 1 unspecified atom stereocenters. The van der Waals surface area contributed by atoms with Gasteiger partial charge in [0, 0.05) is 6.42 Å². The Kier molecular flexibility index (Phi) is 10.2. The molecule has 0 N–H and O–H groups in total. The van der Waals surface area contributed by atoms with E-state index in [1.54, 1.807) is 7.11 Å². The molecule has 0 aliphatic carbocycles. The predicted octanol–water partition coefficient (Wildman–Crippen LogP) is 8.77. The third-order valence-corrected chi connectivity index (χ3v) is 6.31. The standard InChI is InChI=1S/C31H38O3/c1-4-5-6-7-8-9-10-15-31(32)34-24(2)25-16-18-26(19-17-25)29-13-11-12-14-30(29)27-20-22-28(33-3)23-21-27/h11-14,16-24H,4-10,15H2,1-3H3. The van der Waals surface area contributed by atoms with Gasteiger partial charge in [-0.2, -0.15) is 0 Å². The van der Waals surface area contributed by atoms with E-state index >= 15 is 0 Å². The lowest BCUT2D eigenvalue weighted by Gasteiger charge is -2.15. The highest BCUT2D eigenvalue weighted by Crippen LogP contribution is 2.33. The topological polar surface area (TPSA) is 35.5 Å². The largest absolute Gasteiger partial charge is 0.497 e. The molecule has 0 saturated carbocycles. The molecule has 0 amide bonds. The first kappa shape index (κ1) is 25.6. The fourth-order valence-corrected chi connectivity index (χ4v) is 4.24. The minimum atomic E-state index is -0.247. The van der Waals surface area contributed by atoms with Crippen LogP contribution in [0.4, 0.5) is 0 Å². The van der Waals surface area contributed by atoms with Gasteiger partial charge in [0.05, 0.1) is 7.11 Å². The quantitative estimate of drug-likeness (QED) is 0.190. The monoisotopic (exact) mass is 458 g/mol. The van der Waals surface area contributed by atoms with Gasteiger partial charge in [-0.25, -0.2) is 0 Å². The predicted molar refractivity (Wildman–Crippen MR) is 141 cm³/mol. The van der Waals surface area contributed by atoms with E-state index in [2.05, 4.69) is 67.6 Å². The Bertz CT molecular complexity index is 1010. The number of unbranched alkanes of at least 4 members (excludes halogenated alkanes) is 6. The summed E-state index contributed by atoms with van der Waals surface area (Å²) < 4.78 is 11.0. The van der Waals surface area contributed by atoms with Gasteiger partial charge in [0.1, 0.15) is 11.9 Å². The zero-order valence-corrected chi connectivity index (χ0v) is 20.9. The summed E-state index contributed by atoms with van der Waals surface area (Å²) in [6, 6.07) is 24.9. The van der Waals surface area contributed by atoms with Crippen molar-refractivity contribution in [3.63, 3.8) is 0 Å². The van der Waals surface area contributed by atoms with Crippen molar-refractivity contribution in [1.82, 2.24) is 0 Å². The number of methoxy groups -OCH3 is 1. The van der Waals surface area contributed by atoms with Crippen molar-refractivity contribution in [1.29, 1.82) is 0 Å². The summed E-state index contributed by atoms with van der Waals surface area (Å²) in [6.07, 6.45) is 8.64. The summed E-state index contributed by atoms with van der Waals surface area (Å²) in [5, 5.41) is 0. The maximum Gasteiger partial charge on any atom is 0.306 e. The number of hydrogen-bond acceptors (Lipinski definition) is 3. The second-order valence-electron chi connectivity index (χ2n) is 8.90. The van der Waals surface area contributed by atoms with Crippen molar-refractivity contribution in [3.05, 3.63) is 78.4 Å². The molecule has 3 nitrogen and oxygen atoms in total. The first-order valence-corrected chi connectivity index (χ1v) is 12.7. The lowest BCUT2D eigenvalue weighted by molar-refractivity contribution is -0.148. The molecule has 34 heavy (non-hydrogen) atoms. The minimum absolute atomic E-state index is 0.102. The Labute approximate surface area is 205 Å². The average Bonchev–Trinajstić information content (AvgIpc) is 2.88. The third-order valence-electron chi connectivity index (χ3n) is 6.31. The van der Waals surface area contributed by atoms with E-state index < -0.39 is 0 Å². The summed E-state index contributed by atoms with van der Waals surface area (Å²) in [5.41, 5.74) is 5.64. The highest BCUT2D eigenvalue weighted by atomic mass is 16.5. The van der Waals surface area contributed by atoms with Crippen molar-refractivity contribution in [3.8, 4) is 28.0 Å². The molecule has 3 heteroatoms. The molecule has 3 aromatic carbocycles. The molecule has 1 atom stereocenters. The smallest absolute Gasteiger partial charge is 0.306 e. The van der Waals surface area contributed by atoms with E-state index in [0.29, 0.717) is 6.42 Å². The van der Waals surface area contributed by atoms with Crippen LogP contribution in [0.25, 0.3) is 22.3 Å². The summed E-state index contributed by atoms with van der Waals surface area (Å²) >= 11 is 0. The second kappa shape index (κ2) is 13.6. The third kappa shape index (κ3) is 7.48. The zero-order valence-electron chi connectivity index (χ0n) is 20.9. The second-order valence-corrected chi connectivity index (χ2v) is 8.90. The fraction of sp³-hybridized carbons (Fsp3) is 0.387. The number of benzene rings is 3. The molecular formula is C31H38O3. The molecular weight excluding hydrogens is 420 g/mol. The number of carbonyl (C=O) groups is 1. The number of rotatable bonds is 13. The van der Waals surface area contributed by atoms with Crippen LogP contribution in [0.5, 0.6) is 5.75 Å². The van der Waals surface area contributed by atoms with Crippen molar-refractivity contribution in [2.45, 2.75) is 71.3 Å². The Morgan fingerprint density at radius 2 is 1.26 bits per heavy atom. The highest BCUT2D eigenvalue weighted by molar-refractivity contribution is 5.83. The van der Waals surface area contributed by atoms with Crippen LogP contribution in [0.2, 0.25) is 0 Å². The maximum absolute atomic E-state index is 12.3. The number of ether oxygens (including phenoxy) is 2. The van der Waals surface area contributed by atoms with E-state index in [1.165, 1.54) is 43.2 Å². The normalized spacial score (nSPS) is 11.7. The van der Waals surface area contributed by atoms with E-state index in [0.717, 1.165) is 35.3 Å². The lowest BCUT2D eigenvalue weighted by atomic mass is 9.94. The minimum Gasteiger partial charge on any atom is -0.497 e. The molecule has 3 aromatic rings. The Morgan fingerprint density at radius 3 is 1.82 bits per heavy atom. The van der Waals surface area contributed by atoms with Gasteiger partial charge in [-0.15, -0.1) is 0 Å². The molecule has 0 aliphatic rings. The molecule has 3 rings (SSSR count). The summed E-state index contributed by atoms with van der Waals surface area (Å²) in [7, 11) is 1.68. The molecule has 0 fully saturated rings. The maximum atomic E-state index is 12.3. The average molecular weight is 459 g/mol. The van der Waals surface area contributed by atoms with Crippen LogP contribution in [-0.2, 0) is 9.53 Å². The number of hydrogen-bond donors (Lipinski definition) is 0. The number of esters is 1. The fourth-order valence-electron chi connectivity index (χ4n) is 4.24. The Balaban J connectivity index is 1.57. The van der Waals surface area contributed by atoms with Crippen molar-refractivity contribution in [2.75, 3.05) is 7.11 Å². The first-order chi connectivity index (χ1) is 16.6. The zero-order chi connectivity index (χ0) is 24.2. The van der Waals surface area contributed by atoms with Crippen LogP contribution in [0, 0.1) is 0 Å². The SMILES string of the molecule is CCCCCCCCCC(=O)OC(C)c1ccc(-c2ccccc2-c2ccc(OC)cc2)cc1. The van der Waals surface area contributed by atoms with Gasteiger partial charge in [-0.05, 0) is 53.3 Å². The summed E-state index contributed by atoms with van der Waals surface area (Å²) in [6.45, 7) is 4.18. The van der Waals surface area contributed by atoms with Crippen LogP contribution in [0.15, 0.2) is 72.8 Å². The van der Waals surface area contributed by atoms with Gasteiger partial charge in [0.2, 0.25) is 0 Å². The molecule has 0 saturated heterocycles.